The first-order valence-electron chi connectivity index (χ1n) is 5.97. The maximum atomic E-state index is 12.2. The first-order valence-corrected chi connectivity index (χ1v) is 7.02. The Hall–Kier alpha value is -1.93. The van der Waals surface area contributed by atoms with Gasteiger partial charge >= 0.3 is 0 Å². The summed E-state index contributed by atoms with van der Waals surface area (Å²) in [7, 11) is 0. The number of carbonyl (C=O) groups is 2. The topological polar surface area (TPSA) is 107 Å². The molecule has 1 heterocycles. The number of nitrogens with two attached hydrogens (primary N) is 1. The van der Waals surface area contributed by atoms with Gasteiger partial charge in [-0.1, -0.05) is 0 Å². The van der Waals surface area contributed by atoms with Crippen molar-refractivity contribution in [2.75, 3.05) is 17.2 Å². The Labute approximate surface area is 119 Å². The number of rotatable bonds is 5. The fourth-order valence-electron chi connectivity index (χ4n) is 1.94. The summed E-state index contributed by atoms with van der Waals surface area (Å²) in [5, 5.41) is 10.2. The fourth-order valence-corrected chi connectivity index (χ4v) is 2.87. The zero-order chi connectivity index (χ0) is 14.7. The third-order valence-electron chi connectivity index (χ3n) is 2.86. The lowest BCUT2D eigenvalue weighted by atomic mass is 10.2. The Bertz CT molecular complexity index is 546. The van der Waals surface area contributed by atoms with Crippen molar-refractivity contribution in [3.05, 3.63) is 34.4 Å². The SMILES string of the molecule is NCCSC1CC(=O)N(c2ccc([N+](=O)[O-])cc2)C1=O. The van der Waals surface area contributed by atoms with Crippen LogP contribution in [0.1, 0.15) is 6.42 Å². The molecule has 0 radical (unpaired) electrons. The number of thioether (sulfide) groups is 1. The number of benzene rings is 1. The summed E-state index contributed by atoms with van der Waals surface area (Å²) in [6.45, 7) is 0.445. The molecular weight excluding hydrogens is 282 g/mol. The summed E-state index contributed by atoms with van der Waals surface area (Å²) in [5.41, 5.74) is 5.66. The van der Waals surface area contributed by atoms with Crippen LogP contribution in [0.2, 0.25) is 0 Å². The van der Waals surface area contributed by atoms with Crippen LogP contribution in [0.25, 0.3) is 0 Å². The molecule has 1 aliphatic heterocycles. The van der Waals surface area contributed by atoms with E-state index in [9.17, 15) is 19.7 Å². The van der Waals surface area contributed by atoms with Gasteiger partial charge in [-0.05, 0) is 12.1 Å². The van der Waals surface area contributed by atoms with Gasteiger partial charge in [-0.25, -0.2) is 4.90 Å². The van der Waals surface area contributed by atoms with Gasteiger partial charge in [0.2, 0.25) is 11.8 Å². The minimum absolute atomic E-state index is 0.0816. The summed E-state index contributed by atoms with van der Waals surface area (Å²) in [6.07, 6.45) is 0.139. The molecule has 0 aliphatic carbocycles. The van der Waals surface area contributed by atoms with Crippen LogP contribution >= 0.6 is 11.8 Å². The molecule has 0 aromatic heterocycles. The number of nitro groups is 1. The summed E-state index contributed by atoms with van der Waals surface area (Å²) in [4.78, 5) is 35.2. The molecule has 0 bridgehead atoms. The smallest absolute Gasteiger partial charge is 0.269 e. The standard InChI is InChI=1S/C12H13N3O4S/c13-5-6-20-10-7-11(16)14(12(10)17)8-1-3-9(4-2-8)15(18)19/h1-4,10H,5-7,13H2. The molecule has 0 saturated carbocycles. The summed E-state index contributed by atoms with van der Waals surface area (Å²) < 4.78 is 0. The van der Waals surface area contributed by atoms with Crippen LogP contribution in [0, 0.1) is 10.1 Å². The van der Waals surface area contributed by atoms with Crippen LogP contribution in [0.5, 0.6) is 0 Å². The van der Waals surface area contributed by atoms with Crippen LogP contribution in [0.4, 0.5) is 11.4 Å². The number of hydrogen-bond donors (Lipinski definition) is 1. The normalized spacial score (nSPS) is 18.6. The van der Waals surface area contributed by atoms with E-state index in [4.69, 9.17) is 5.73 Å². The highest BCUT2D eigenvalue weighted by atomic mass is 32.2. The van der Waals surface area contributed by atoms with Crippen LogP contribution < -0.4 is 10.6 Å². The molecule has 1 saturated heterocycles. The van der Waals surface area contributed by atoms with Gasteiger partial charge < -0.3 is 5.73 Å². The lowest BCUT2D eigenvalue weighted by Crippen LogP contribution is -2.31. The van der Waals surface area contributed by atoms with Gasteiger partial charge in [-0.15, -0.1) is 11.8 Å². The van der Waals surface area contributed by atoms with E-state index in [1.807, 2.05) is 0 Å². The molecule has 1 aliphatic rings. The molecule has 20 heavy (non-hydrogen) atoms. The molecule has 8 heteroatoms. The lowest BCUT2D eigenvalue weighted by Gasteiger charge is -2.14. The first-order chi connectivity index (χ1) is 9.54. The number of imide groups is 1. The number of carbonyl (C=O) groups excluding carboxylic acids is 2. The number of nitrogens with zero attached hydrogens (tertiary/aromatic N) is 2. The van der Waals surface area contributed by atoms with Crippen molar-refractivity contribution in [1.82, 2.24) is 0 Å². The predicted octanol–water partition coefficient (Wildman–Crippen LogP) is 0.919. The monoisotopic (exact) mass is 295 g/mol. The van der Waals surface area contributed by atoms with Gasteiger partial charge in [0.15, 0.2) is 0 Å². The maximum absolute atomic E-state index is 12.2. The van der Waals surface area contributed by atoms with Crippen molar-refractivity contribution < 1.29 is 14.5 Å². The maximum Gasteiger partial charge on any atom is 0.269 e. The van der Waals surface area contributed by atoms with Gasteiger partial charge in [0, 0.05) is 30.9 Å². The molecule has 1 aromatic rings. The highest BCUT2D eigenvalue weighted by Gasteiger charge is 2.39. The molecule has 1 atom stereocenters. The van der Waals surface area contributed by atoms with E-state index in [0.29, 0.717) is 18.0 Å². The van der Waals surface area contributed by atoms with Crippen LogP contribution in [-0.4, -0.2) is 34.3 Å². The number of amides is 2. The van der Waals surface area contributed by atoms with Crippen LogP contribution in [0.3, 0.4) is 0 Å². The number of anilines is 1. The van der Waals surface area contributed by atoms with E-state index in [0.717, 1.165) is 4.90 Å². The molecular formula is C12H13N3O4S. The third-order valence-corrected chi connectivity index (χ3v) is 4.10. The van der Waals surface area contributed by atoms with Gasteiger partial charge in [0.25, 0.3) is 5.69 Å². The second-order valence-corrected chi connectivity index (χ2v) is 5.50. The quantitative estimate of drug-likeness (QED) is 0.492. The Kier molecular flexibility index (Phi) is 4.35. The van der Waals surface area contributed by atoms with Crippen LogP contribution in [0.15, 0.2) is 24.3 Å². The van der Waals surface area contributed by atoms with E-state index in [-0.39, 0.29) is 23.9 Å². The highest BCUT2D eigenvalue weighted by molar-refractivity contribution is 8.00. The lowest BCUT2D eigenvalue weighted by molar-refractivity contribution is -0.384. The van der Waals surface area contributed by atoms with Crippen molar-refractivity contribution in [3.63, 3.8) is 0 Å². The minimum Gasteiger partial charge on any atom is -0.330 e. The molecule has 106 valence electrons. The largest absolute Gasteiger partial charge is 0.330 e. The van der Waals surface area contributed by atoms with Gasteiger partial charge in [-0.2, -0.15) is 0 Å². The van der Waals surface area contributed by atoms with Gasteiger partial charge in [-0.3, -0.25) is 19.7 Å². The molecule has 0 spiro atoms. The van der Waals surface area contributed by atoms with Crippen molar-refractivity contribution >= 4 is 35.0 Å². The number of nitro benzene ring substituents is 1. The summed E-state index contributed by atoms with van der Waals surface area (Å²) >= 11 is 1.36. The molecule has 2 amide bonds. The van der Waals surface area contributed by atoms with Crippen LogP contribution in [-0.2, 0) is 9.59 Å². The zero-order valence-electron chi connectivity index (χ0n) is 10.5. The molecule has 1 unspecified atom stereocenters. The Balaban J connectivity index is 2.17. The van der Waals surface area contributed by atoms with Crippen molar-refractivity contribution in [2.24, 2.45) is 5.73 Å². The Morgan fingerprint density at radius 3 is 2.55 bits per heavy atom. The summed E-state index contributed by atoms with van der Waals surface area (Å²) in [6, 6.07) is 5.36. The molecule has 1 fully saturated rings. The first kappa shape index (κ1) is 14.5. The van der Waals surface area contributed by atoms with E-state index in [1.54, 1.807) is 0 Å². The van der Waals surface area contributed by atoms with Gasteiger partial charge in [0.1, 0.15) is 0 Å². The molecule has 1 aromatic carbocycles. The van der Waals surface area contributed by atoms with Gasteiger partial charge in [0.05, 0.1) is 15.9 Å². The summed E-state index contributed by atoms with van der Waals surface area (Å²) in [5.74, 6) is 0.0262. The number of hydrogen-bond acceptors (Lipinski definition) is 6. The Morgan fingerprint density at radius 1 is 1.35 bits per heavy atom. The van der Waals surface area contributed by atoms with E-state index in [1.165, 1.54) is 36.0 Å². The third kappa shape index (κ3) is 2.81. The predicted molar refractivity (Wildman–Crippen MR) is 75.5 cm³/mol. The zero-order valence-corrected chi connectivity index (χ0v) is 11.3. The van der Waals surface area contributed by atoms with E-state index < -0.39 is 10.2 Å². The Morgan fingerprint density at radius 2 is 2.00 bits per heavy atom. The fraction of sp³-hybridized carbons (Fsp3) is 0.333. The number of non-ortho nitro benzene ring substituents is 1. The second-order valence-electron chi connectivity index (χ2n) is 4.19. The van der Waals surface area contributed by atoms with E-state index >= 15 is 0 Å². The van der Waals surface area contributed by atoms with Crippen molar-refractivity contribution in [1.29, 1.82) is 0 Å². The molecule has 2 N–H and O–H groups in total. The highest BCUT2D eigenvalue weighted by Crippen LogP contribution is 2.30. The van der Waals surface area contributed by atoms with Crippen molar-refractivity contribution in [3.8, 4) is 0 Å². The molecule has 2 rings (SSSR count). The van der Waals surface area contributed by atoms with E-state index in [2.05, 4.69) is 0 Å². The average molecular weight is 295 g/mol. The molecule has 7 nitrogen and oxygen atoms in total. The average Bonchev–Trinajstić information content (AvgIpc) is 2.71. The minimum atomic E-state index is -0.530. The van der Waals surface area contributed by atoms with Crippen molar-refractivity contribution in [2.45, 2.75) is 11.7 Å². The second kappa shape index (κ2) is 6.02.